The predicted octanol–water partition coefficient (Wildman–Crippen LogP) is 3.04. The number of carbonyl (C=O) groups is 1. The number of anilines is 2. The van der Waals surface area contributed by atoms with E-state index in [0.717, 1.165) is 29.5 Å². The quantitative estimate of drug-likeness (QED) is 0.834. The highest BCUT2D eigenvalue weighted by atomic mass is 16.6. The van der Waals surface area contributed by atoms with Crippen LogP contribution in [0.15, 0.2) is 6.07 Å². The number of aryl methyl sites for hydroxylation is 2. The molecular formula is C19H28N6O2. The summed E-state index contributed by atoms with van der Waals surface area (Å²) in [4.78, 5) is 27.3. The smallest absolute Gasteiger partial charge is 0.410 e. The minimum atomic E-state index is -0.480. The number of hydrogen-bond acceptors (Lipinski definition) is 7. The van der Waals surface area contributed by atoms with E-state index < -0.39 is 5.60 Å². The van der Waals surface area contributed by atoms with Gasteiger partial charge < -0.3 is 20.7 Å². The number of carbonyl (C=O) groups excluding carboxylic acids is 1. The first-order valence-corrected chi connectivity index (χ1v) is 9.28. The summed E-state index contributed by atoms with van der Waals surface area (Å²) < 4.78 is 5.43. The lowest BCUT2D eigenvalue weighted by atomic mass is 10.1. The SMILES string of the molecule is Cc1cc(C)c2c(N)nc(NC3CCN(C(=O)OC(C)(C)C)CC3)nc2n1. The molecule has 0 unspecified atom stereocenters. The second-order valence-corrected chi connectivity index (χ2v) is 8.10. The fourth-order valence-electron chi connectivity index (χ4n) is 3.29. The van der Waals surface area contributed by atoms with E-state index in [1.807, 2.05) is 40.7 Å². The number of likely N-dealkylation sites (tertiary alicyclic amines) is 1. The van der Waals surface area contributed by atoms with Gasteiger partial charge in [0, 0.05) is 24.8 Å². The van der Waals surface area contributed by atoms with Gasteiger partial charge in [-0.05, 0) is 59.1 Å². The Morgan fingerprint density at radius 3 is 2.52 bits per heavy atom. The number of pyridine rings is 1. The second-order valence-electron chi connectivity index (χ2n) is 8.10. The summed E-state index contributed by atoms with van der Waals surface area (Å²) in [6.07, 6.45) is 1.32. The number of nitrogens with two attached hydrogens (primary N) is 1. The van der Waals surface area contributed by atoms with Crippen LogP contribution in [0.2, 0.25) is 0 Å². The third-order valence-electron chi connectivity index (χ3n) is 4.50. The van der Waals surface area contributed by atoms with Crippen molar-refractivity contribution in [3.63, 3.8) is 0 Å². The molecule has 0 aromatic carbocycles. The van der Waals surface area contributed by atoms with Gasteiger partial charge in [-0.25, -0.2) is 9.78 Å². The molecular weight excluding hydrogens is 344 g/mol. The van der Waals surface area contributed by atoms with Gasteiger partial charge in [0.2, 0.25) is 5.95 Å². The van der Waals surface area contributed by atoms with Crippen LogP contribution < -0.4 is 11.1 Å². The lowest BCUT2D eigenvalue weighted by Gasteiger charge is -2.33. The zero-order valence-corrected chi connectivity index (χ0v) is 16.7. The summed E-state index contributed by atoms with van der Waals surface area (Å²) in [7, 11) is 0. The van der Waals surface area contributed by atoms with Gasteiger partial charge in [0.25, 0.3) is 0 Å². The molecule has 1 aliphatic heterocycles. The highest BCUT2D eigenvalue weighted by Gasteiger charge is 2.27. The van der Waals surface area contributed by atoms with Crippen LogP contribution in [0.3, 0.4) is 0 Å². The molecule has 0 bridgehead atoms. The Morgan fingerprint density at radius 2 is 1.89 bits per heavy atom. The minimum Gasteiger partial charge on any atom is -0.444 e. The van der Waals surface area contributed by atoms with Crippen molar-refractivity contribution < 1.29 is 9.53 Å². The number of aromatic nitrogens is 3. The van der Waals surface area contributed by atoms with Crippen LogP contribution in [0, 0.1) is 13.8 Å². The summed E-state index contributed by atoms with van der Waals surface area (Å²) in [6.45, 7) is 10.8. The Morgan fingerprint density at radius 1 is 1.22 bits per heavy atom. The molecule has 0 spiro atoms. The largest absolute Gasteiger partial charge is 0.444 e. The van der Waals surface area contributed by atoms with Crippen LogP contribution in [-0.4, -0.2) is 50.7 Å². The second kappa shape index (κ2) is 7.17. The summed E-state index contributed by atoms with van der Waals surface area (Å²) >= 11 is 0. The number of piperidine rings is 1. The number of rotatable bonds is 2. The van der Waals surface area contributed by atoms with Gasteiger partial charge in [0.05, 0.1) is 5.39 Å². The maximum Gasteiger partial charge on any atom is 0.410 e. The molecule has 0 saturated carbocycles. The highest BCUT2D eigenvalue weighted by molar-refractivity contribution is 5.89. The first kappa shape index (κ1) is 19.1. The molecule has 3 N–H and O–H groups in total. The van der Waals surface area contributed by atoms with Crippen LogP contribution >= 0.6 is 0 Å². The zero-order valence-electron chi connectivity index (χ0n) is 16.7. The third kappa shape index (κ3) is 4.56. The summed E-state index contributed by atoms with van der Waals surface area (Å²) in [6, 6.07) is 2.15. The van der Waals surface area contributed by atoms with E-state index in [9.17, 15) is 4.79 Å². The molecule has 1 saturated heterocycles. The Kier molecular flexibility index (Phi) is 5.08. The molecule has 146 valence electrons. The molecule has 0 aliphatic carbocycles. The van der Waals surface area contributed by atoms with Gasteiger partial charge in [0.1, 0.15) is 11.4 Å². The van der Waals surface area contributed by atoms with Crippen molar-refractivity contribution in [3.8, 4) is 0 Å². The standard InChI is InChI=1S/C19H28N6O2/c1-11-10-12(2)21-16-14(11)15(20)23-17(24-16)22-13-6-8-25(9-7-13)18(26)27-19(3,4)5/h10,13H,6-9H2,1-5H3,(H3,20,21,22,23,24). The molecule has 2 aromatic heterocycles. The normalized spacial score (nSPS) is 15.8. The van der Waals surface area contributed by atoms with Crippen molar-refractivity contribution in [1.29, 1.82) is 0 Å². The monoisotopic (exact) mass is 372 g/mol. The van der Waals surface area contributed by atoms with E-state index in [0.29, 0.717) is 30.5 Å². The van der Waals surface area contributed by atoms with Crippen molar-refractivity contribution in [2.45, 2.75) is 59.1 Å². The first-order valence-electron chi connectivity index (χ1n) is 9.28. The number of hydrogen-bond donors (Lipinski definition) is 2. The van der Waals surface area contributed by atoms with Gasteiger partial charge in [-0.2, -0.15) is 9.97 Å². The van der Waals surface area contributed by atoms with Crippen molar-refractivity contribution in [1.82, 2.24) is 19.9 Å². The van der Waals surface area contributed by atoms with E-state index in [-0.39, 0.29) is 12.1 Å². The van der Waals surface area contributed by atoms with E-state index >= 15 is 0 Å². The van der Waals surface area contributed by atoms with Crippen LogP contribution in [0.4, 0.5) is 16.6 Å². The summed E-state index contributed by atoms with van der Waals surface area (Å²) in [5.74, 6) is 0.909. The Bertz CT molecular complexity index is 853. The van der Waals surface area contributed by atoms with Crippen molar-refractivity contribution in [3.05, 3.63) is 17.3 Å². The number of ether oxygens (including phenoxy) is 1. The number of nitrogens with zero attached hydrogens (tertiary/aromatic N) is 4. The average molecular weight is 372 g/mol. The van der Waals surface area contributed by atoms with E-state index in [2.05, 4.69) is 20.3 Å². The summed E-state index contributed by atoms with van der Waals surface area (Å²) in [5.41, 5.74) is 8.18. The van der Waals surface area contributed by atoms with Gasteiger partial charge in [-0.15, -0.1) is 0 Å². The van der Waals surface area contributed by atoms with Gasteiger partial charge in [0.15, 0.2) is 5.65 Å². The minimum absolute atomic E-state index is 0.173. The highest BCUT2D eigenvalue weighted by Crippen LogP contribution is 2.24. The number of amides is 1. The van der Waals surface area contributed by atoms with Gasteiger partial charge in [-0.1, -0.05) is 0 Å². The van der Waals surface area contributed by atoms with Crippen LogP contribution in [-0.2, 0) is 4.74 Å². The fourth-order valence-corrected chi connectivity index (χ4v) is 3.29. The maximum absolute atomic E-state index is 12.2. The molecule has 1 fully saturated rings. The topological polar surface area (TPSA) is 106 Å². The molecule has 8 heteroatoms. The molecule has 3 rings (SSSR count). The third-order valence-corrected chi connectivity index (χ3v) is 4.50. The predicted molar refractivity (Wildman–Crippen MR) is 106 cm³/mol. The molecule has 27 heavy (non-hydrogen) atoms. The Hall–Kier alpha value is -2.64. The molecule has 0 atom stereocenters. The molecule has 1 amide bonds. The Balaban J connectivity index is 1.66. The van der Waals surface area contributed by atoms with Gasteiger partial charge >= 0.3 is 6.09 Å². The fraction of sp³-hybridized carbons (Fsp3) is 0.579. The lowest BCUT2D eigenvalue weighted by Crippen LogP contribution is -2.44. The van der Waals surface area contributed by atoms with Crippen molar-refractivity contribution in [2.24, 2.45) is 0 Å². The maximum atomic E-state index is 12.2. The van der Waals surface area contributed by atoms with Crippen LogP contribution in [0.5, 0.6) is 0 Å². The van der Waals surface area contributed by atoms with E-state index in [1.54, 1.807) is 4.90 Å². The Labute approximate surface area is 159 Å². The summed E-state index contributed by atoms with van der Waals surface area (Å²) in [5, 5.41) is 4.14. The number of fused-ring (bicyclic) bond motifs is 1. The molecule has 3 heterocycles. The van der Waals surface area contributed by atoms with E-state index in [1.165, 1.54) is 0 Å². The van der Waals surface area contributed by atoms with Crippen LogP contribution in [0.25, 0.3) is 11.0 Å². The lowest BCUT2D eigenvalue weighted by molar-refractivity contribution is 0.0210. The average Bonchev–Trinajstić information content (AvgIpc) is 2.52. The van der Waals surface area contributed by atoms with Crippen molar-refractivity contribution in [2.75, 3.05) is 24.1 Å². The molecule has 8 nitrogen and oxygen atoms in total. The molecule has 1 aliphatic rings. The van der Waals surface area contributed by atoms with Crippen LogP contribution in [0.1, 0.15) is 44.9 Å². The van der Waals surface area contributed by atoms with Crippen molar-refractivity contribution >= 4 is 28.9 Å². The van der Waals surface area contributed by atoms with Gasteiger partial charge in [-0.3, -0.25) is 0 Å². The first-order chi connectivity index (χ1) is 12.6. The number of nitrogens with one attached hydrogen (secondary N) is 1. The van der Waals surface area contributed by atoms with E-state index in [4.69, 9.17) is 10.5 Å². The molecule has 0 radical (unpaired) electrons. The number of nitrogen functional groups attached to an aromatic ring is 1. The molecule has 2 aromatic rings. The zero-order chi connectivity index (χ0) is 19.8.